The van der Waals surface area contributed by atoms with E-state index in [1.54, 1.807) is 23.7 Å². The predicted octanol–water partition coefficient (Wildman–Crippen LogP) is 2.40. The molecule has 0 aliphatic rings. The zero-order valence-corrected chi connectivity index (χ0v) is 10.0. The molecule has 0 saturated carbocycles. The van der Waals surface area contributed by atoms with Gasteiger partial charge in [0.25, 0.3) is 0 Å². The van der Waals surface area contributed by atoms with Crippen molar-refractivity contribution < 1.29 is 0 Å². The van der Waals surface area contributed by atoms with Crippen molar-refractivity contribution in [1.82, 2.24) is 24.3 Å². The molecule has 0 fully saturated rings. The average molecular weight is 253 g/mol. The van der Waals surface area contributed by atoms with Gasteiger partial charge in [-0.2, -0.15) is 0 Å². The fraction of sp³-hybridized carbons (Fsp3) is 0. The molecule has 0 aliphatic carbocycles. The topological polar surface area (TPSA) is 56.0 Å². The lowest BCUT2D eigenvalue weighted by Crippen LogP contribution is -1.89. The van der Waals surface area contributed by atoms with Crippen LogP contribution in [0, 0.1) is 0 Å². The maximum Gasteiger partial charge on any atom is 0.194 e. The van der Waals surface area contributed by atoms with Gasteiger partial charge < -0.3 is 0 Å². The summed E-state index contributed by atoms with van der Waals surface area (Å²) < 4.78 is 1.99. The van der Waals surface area contributed by atoms with Crippen LogP contribution in [0.4, 0.5) is 0 Å². The van der Waals surface area contributed by atoms with E-state index >= 15 is 0 Å². The van der Waals surface area contributed by atoms with Gasteiger partial charge >= 0.3 is 0 Å². The molecule has 0 aliphatic heterocycles. The number of rotatable bonds is 1. The minimum absolute atomic E-state index is 0.645. The predicted molar refractivity (Wildman–Crippen MR) is 69.4 cm³/mol. The Hall–Kier alpha value is -2.34. The molecule has 4 rings (SSSR count). The number of aromatic nitrogens is 5. The molecule has 5 nitrogen and oxygen atoms in total. The van der Waals surface area contributed by atoms with Crippen LogP contribution in [-0.4, -0.2) is 24.3 Å². The van der Waals surface area contributed by atoms with Crippen LogP contribution < -0.4 is 0 Å². The fourth-order valence-electron chi connectivity index (χ4n) is 1.85. The Morgan fingerprint density at radius 2 is 1.94 bits per heavy atom. The van der Waals surface area contributed by atoms with Crippen LogP contribution in [0.2, 0.25) is 0 Å². The Morgan fingerprint density at radius 3 is 2.89 bits per heavy atom. The van der Waals surface area contributed by atoms with Crippen LogP contribution in [0.1, 0.15) is 0 Å². The first-order valence-electron chi connectivity index (χ1n) is 5.40. The summed E-state index contributed by atoms with van der Waals surface area (Å²) in [6.07, 6.45) is 7.26. The summed E-state index contributed by atoms with van der Waals surface area (Å²) in [5.74, 6) is 0. The number of imidazole rings is 1. The monoisotopic (exact) mass is 253 g/mol. The fourth-order valence-corrected chi connectivity index (χ4v) is 2.55. The third-order valence-electron chi connectivity index (χ3n) is 2.69. The Balaban J connectivity index is 1.93. The van der Waals surface area contributed by atoms with Gasteiger partial charge in [0, 0.05) is 30.2 Å². The lowest BCUT2D eigenvalue weighted by atomic mass is 10.3. The van der Waals surface area contributed by atoms with Crippen LogP contribution in [-0.2, 0) is 0 Å². The van der Waals surface area contributed by atoms with Gasteiger partial charge in [0.05, 0.1) is 5.69 Å². The number of hydrogen-bond acceptors (Lipinski definition) is 5. The molecule has 4 heterocycles. The minimum atomic E-state index is 0.645. The summed E-state index contributed by atoms with van der Waals surface area (Å²) in [5, 5.41) is 2.01. The van der Waals surface area contributed by atoms with Crippen molar-refractivity contribution in [1.29, 1.82) is 0 Å². The van der Waals surface area contributed by atoms with Crippen molar-refractivity contribution in [2.75, 3.05) is 0 Å². The van der Waals surface area contributed by atoms with Crippen molar-refractivity contribution in [3.63, 3.8) is 0 Å². The summed E-state index contributed by atoms with van der Waals surface area (Å²) in [6.45, 7) is 0. The van der Waals surface area contributed by atoms with Gasteiger partial charge in [-0.3, -0.25) is 9.38 Å². The molecule has 0 amide bonds. The summed E-state index contributed by atoms with van der Waals surface area (Å²) >= 11 is 1.60. The third-order valence-corrected chi connectivity index (χ3v) is 3.46. The molecule has 0 atom stereocenters. The van der Waals surface area contributed by atoms with Crippen molar-refractivity contribution in [2.24, 2.45) is 0 Å². The molecule has 0 unspecified atom stereocenters. The molecule has 0 aromatic carbocycles. The van der Waals surface area contributed by atoms with Gasteiger partial charge in [0.2, 0.25) is 0 Å². The Bertz CT molecular complexity index is 819. The SMILES string of the molecule is c1cnc2nc(-c3cn4ccsc4n3)ccc2n1. The van der Waals surface area contributed by atoms with E-state index in [2.05, 4.69) is 19.9 Å². The zero-order chi connectivity index (χ0) is 11.9. The van der Waals surface area contributed by atoms with E-state index in [1.807, 2.05) is 34.3 Å². The zero-order valence-electron chi connectivity index (χ0n) is 9.19. The van der Waals surface area contributed by atoms with E-state index in [4.69, 9.17) is 0 Å². The largest absolute Gasteiger partial charge is 0.297 e. The standard InChI is InChI=1S/C12H7N5S/c1-2-9-11(14-4-3-13-9)15-8(1)10-7-17-5-6-18-12(17)16-10/h1-7H. The second-order valence-electron chi connectivity index (χ2n) is 3.81. The number of nitrogens with zero attached hydrogens (tertiary/aromatic N) is 5. The van der Waals surface area contributed by atoms with Gasteiger partial charge in [0.15, 0.2) is 10.6 Å². The molecule has 0 N–H and O–H groups in total. The van der Waals surface area contributed by atoms with Gasteiger partial charge in [-0.25, -0.2) is 15.0 Å². The van der Waals surface area contributed by atoms with E-state index in [0.717, 1.165) is 21.9 Å². The van der Waals surface area contributed by atoms with Gasteiger partial charge in [-0.05, 0) is 12.1 Å². The molecule has 0 bridgehead atoms. The van der Waals surface area contributed by atoms with Crippen LogP contribution in [0.5, 0.6) is 0 Å². The molecule has 18 heavy (non-hydrogen) atoms. The normalized spacial score (nSPS) is 11.3. The maximum atomic E-state index is 4.52. The van der Waals surface area contributed by atoms with Crippen molar-refractivity contribution >= 4 is 27.5 Å². The van der Waals surface area contributed by atoms with Gasteiger partial charge in [0.1, 0.15) is 11.2 Å². The minimum Gasteiger partial charge on any atom is -0.297 e. The van der Waals surface area contributed by atoms with Crippen LogP contribution in [0.15, 0.2) is 42.3 Å². The van der Waals surface area contributed by atoms with E-state index in [9.17, 15) is 0 Å². The number of fused-ring (bicyclic) bond motifs is 2. The Labute approximate surface area is 106 Å². The average Bonchev–Trinajstić information content (AvgIpc) is 2.99. The molecule has 86 valence electrons. The molecule has 4 aromatic heterocycles. The molecule has 0 spiro atoms. The highest BCUT2D eigenvalue weighted by Gasteiger charge is 2.07. The van der Waals surface area contributed by atoms with Crippen LogP contribution >= 0.6 is 11.3 Å². The van der Waals surface area contributed by atoms with Gasteiger partial charge in [-0.15, -0.1) is 11.3 Å². The van der Waals surface area contributed by atoms with Crippen LogP contribution in [0.3, 0.4) is 0 Å². The lowest BCUT2D eigenvalue weighted by Gasteiger charge is -1.97. The highest BCUT2D eigenvalue weighted by atomic mass is 32.1. The van der Waals surface area contributed by atoms with Crippen molar-refractivity contribution in [3.05, 3.63) is 42.3 Å². The molecule has 6 heteroatoms. The smallest absolute Gasteiger partial charge is 0.194 e. The van der Waals surface area contributed by atoms with E-state index in [0.29, 0.717) is 5.65 Å². The first-order valence-corrected chi connectivity index (χ1v) is 6.28. The molecule has 0 saturated heterocycles. The Kier molecular flexibility index (Phi) is 1.92. The van der Waals surface area contributed by atoms with E-state index < -0.39 is 0 Å². The molecule has 4 aromatic rings. The second kappa shape index (κ2) is 3.58. The lowest BCUT2D eigenvalue weighted by molar-refractivity contribution is 1.21. The first kappa shape index (κ1) is 9.67. The summed E-state index contributed by atoms with van der Waals surface area (Å²) in [7, 11) is 0. The quantitative estimate of drug-likeness (QED) is 0.522. The second-order valence-corrected chi connectivity index (χ2v) is 4.69. The van der Waals surface area contributed by atoms with E-state index in [-0.39, 0.29) is 0 Å². The van der Waals surface area contributed by atoms with Crippen molar-refractivity contribution in [3.8, 4) is 11.4 Å². The summed E-state index contributed by atoms with van der Waals surface area (Å²) in [6, 6.07) is 3.83. The van der Waals surface area contributed by atoms with E-state index in [1.165, 1.54) is 0 Å². The summed E-state index contributed by atoms with van der Waals surface area (Å²) in [4.78, 5) is 18.4. The molecule has 0 radical (unpaired) electrons. The Morgan fingerprint density at radius 1 is 1.00 bits per heavy atom. The number of thiazole rings is 1. The van der Waals surface area contributed by atoms with Crippen LogP contribution in [0.25, 0.3) is 27.5 Å². The van der Waals surface area contributed by atoms with Crippen molar-refractivity contribution in [2.45, 2.75) is 0 Å². The molecular weight excluding hydrogens is 246 g/mol. The third kappa shape index (κ3) is 1.39. The number of pyridine rings is 1. The highest BCUT2D eigenvalue weighted by Crippen LogP contribution is 2.21. The molecular formula is C12H7N5S. The summed E-state index contributed by atoms with van der Waals surface area (Å²) in [5.41, 5.74) is 3.11. The van der Waals surface area contributed by atoms with Gasteiger partial charge in [-0.1, -0.05) is 0 Å². The highest BCUT2D eigenvalue weighted by molar-refractivity contribution is 7.15. The first-order chi connectivity index (χ1) is 8.90. The maximum absolute atomic E-state index is 4.52. The number of hydrogen-bond donors (Lipinski definition) is 0.